The van der Waals surface area contributed by atoms with Gasteiger partial charge in [-0.15, -0.1) is 0 Å². The molecule has 0 saturated heterocycles. The highest BCUT2D eigenvalue weighted by molar-refractivity contribution is 5.74. The van der Waals surface area contributed by atoms with Crippen LogP contribution in [-0.4, -0.2) is 18.8 Å². The van der Waals surface area contributed by atoms with Crippen molar-refractivity contribution in [3.05, 3.63) is 0 Å². The van der Waals surface area contributed by atoms with Crippen LogP contribution in [0.1, 0.15) is 32.6 Å². The van der Waals surface area contributed by atoms with Crippen LogP contribution in [0.3, 0.4) is 0 Å². The average Bonchev–Trinajstić information content (AvgIpc) is 2.05. The molecule has 12 heavy (non-hydrogen) atoms. The predicted octanol–water partition coefficient (Wildman–Crippen LogP) is 2.04. The van der Waals surface area contributed by atoms with Crippen molar-refractivity contribution in [2.75, 3.05) is 6.61 Å². The zero-order valence-corrected chi connectivity index (χ0v) is 7.21. The van der Waals surface area contributed by atoms with Crippen LogP contribution >= 0.6 is 0 Å². The van der Waals surface area contributed by atoms with Gasteiger partial charge in [-0.25, -0.2) is 9.59 Å². The number of ether oxygens (including phenoxy) is 1. The molecule has 0 aromatic heterocycles. The molecule has 0 bridgehead atoms. The minimum absolute atomic E-state index is 0.337. The number of hydrogen-bond donors (Lipinski definition) is 0. The van der Waals surface area contributed by atoms with E-state index in [1.807, 2.05) is 0 Å². The fourth-order valence-electron chi connectivity index (χ4n) is 0.758. The summed E-state index contributed by atoms with van der Waals surface area (Å²) in [6, 6.07) is 0. The zero-order valence-electron chi connectivity index (χ0n) is 7.21. The first-order valence-electron chi connectivity index (χ1n) is 4.06. The topological polar surface area (TPSA) is 55.7 Å². The van der Waals surface area contributed by atoms with Gasteiger partial charge in [0.15, 0.2) is 0 Å². The molecule has 0 aliphatic rings. The first-order valence-corrected chi connectivity index (χ1v) is 4.06. The minimum Gasteiger partial charge on any atom is -0.447 e. The maximum absolute atomic E-state index is 10.4. The second-order valence-electron chi connectivity index (χ2n) is 2.38. The van der Waals surface area contributed by atoms with Crippen molar-refractivity contribution in [1.82, 2.24) is 0 Å². The summed E-state index contributed by atoms with van der Waals surface area (Å²) in [5.74, 6) is 0. The van der Waals surface area contributed by atoms with Crippen molar-refractivity contribution in [2.24, 2.45) is 4.99 Å². The minimum atomic E-state index is -0.846. The van der Waals surface area contributed by atoms with Crippen LogP contribution in [0.15, 0.2) is 4.99 Å². The lowest BCUT2D eigenvalue weighted by atomic mass is 10.2. The largest absolute Gasteiger partial charge is 0.447 e. The van der Waals surface area contributed by atoms with Gasteiger partial charge in [-0.2, -0.15) is 0 Å². The van der Waals surface area contributed by atoms with E-state index in [2.05, 4.69) is 16.7 Å². The van der Waals surface area contributed by atoms with E-state index in [0.29, 0.717) is 6.61 Å². The number of hydrogen-bond acceptors (Lipinski definition) is 3. The van der Waals surface area contributed by atoms with Gasteiger partial charge >= 0.3 is 6.09 Å². The Hall–Kier alpha value is -1.15. The number of unbranched alkanes of at least 4 members (excludes halogenated alkanes) is 3. The molecule has 0 N–H and O–H groups in total. The molecule has 0 fully saturated rings. The molecule has 0 atom stereocenters. The summed E-state index contributed by atoms with van der Waals surface area (Å²) < 4.78 is 4.56. The van der Waals surface area contributed by atoms with E-state index >= 15 is 0 Å². The van der Waals surface area contributed by atoms with Crippen LogP contribution in [0.5, 0.6) is 0 Å². The molecule has 0 unspecified atom stereocenters. The van der Waals surface area contributed by atoms with E-state index in [4.69, 9.17) is 0 Å². The van der Waals surface area contributed by atoms with Crippen molar-refractivity contribution in [1.29, 1.82) is 0 Å². The van der Waals surface area contributed by atoms with Gasteiger partial charge < -0.3 is 4.74 Å². The first-order chi connectivity index (χ1) is 5.81. The Morgan fingerprint density at radius 2 is 2.17 bits per heavy atom. The number of carbonyl (C=O) groups is 1. The van der Waals surface area contributed by atoms with E-state index in [1.54, 1.807) is 0 Å². The number of nitrogens with zero attached hydrogens (tertiary/aromatic N) is 1. The van der Waals surface area contributed by atoms with E-state index in [1.165, 1.54) is 0 Å². The van der Waals surface area contributed by atoms with Gasteiger partial charge in [0.05, 0.1) is 6.61 Å². The summed E-state index contributed by atoms with van der Waals surface area (Å²) in [6.45, 7) is 2.44. The second-order valence-corrected chi connectivity index (χ2v) is 2.38. The third-order valence-electron chi connectivity index (χ3n) is 1.36. The Kier molecular flexibility index (Phi) is 7.19. The summed E-state index contributed by atoms with van der Waals surface area (Å²) in [6.07, 6.45) is 4.41. The second kappa shape index (κ2) is 7.95. The molecule has 0 saturated carbocycles. The van der Waals surface area contributed by atoms with Gasteiger partial charge in [-0.1, -0.05) is 31.2 Å². The summed E-state index contributed by atoms with van der Waals surface area (Å²) >= 11 is 0. The van der Waals surface area contributed by atoms with Crippen LogP contribution < -0.4 is 0 Å². The van der Waals surface area contributed by atoms with Crippen LogP contribution in [-0.2, 0) is 9.53 Å². The Morgan fingerprint density at radius 3 is 2.75 bits per heavy atom. The van der Waals surface area contributed by atoms with E-state index in [9.17, 15) is 9.59 Å². The Bertz CT molecular complexity index is 173. The van der Waals surface area contributed by atoms with Crippen LogP contribution in [0.25, 0.3) is 0 Å². The lowest BCUT2D eigenvalue weighted by molar-refractivity contribution is 0.155. The summed E-state index contributed by atoms with van der Waals surface area (Å²) in [4.78, 5) is 22.8. The van der Waals surface area contributed by atoms with E-state index < -0.39 is 6.09 Å². The lowest BCUT2D eigenvalue weighted by Crippen LogP contribution is -2.00. The van der Waals surface area contributed by atoms with Crippen molar-refractivity contribution in [3.8, 4) is 0 Å². The standard InChI is InChI=1S/C8H13NO3/c1-2-3-4-5-6-12-8(11)9-7-10/h2-6H2,1H3. The molecule has 1 amide bonds. The van der Waals surface area contributed by atoms with Gasteiger partial charge in [0.25, 0.3) is 0 Å². The van der Waals surface area contributed by atoms with Crippen molar-refractivity contribution in [3.63, 3.8) is 0 Å². The van der Waals surface area contributed by atoms with Crippen molar-refractivity contribution < 1.29 is 14.3 Å². The number of isocyanates is 1. The molecular formula is C8H13NO3. The Morgan fingerprint density at radius 1 is 1.42 bits per heavy atom. The summed E-state index contributed by atoms with van der Waals surface area (Å²) in [5.41, 5.74) is 0. The molecule has 4 nitrogen and oxygen atoms in total. The van der Waals surface area contributed by atoms with Gasteiger partial charge in [-0.05, 0) is 6.42 Å². The Labute approximate surface area is 71.6 Å². The van der Waals surface area contributed by atoms with E-state index in [0.717, 1.165) is 31.8 Å². The monoisotopic (exact) mass is 171 g/mol. The van der Waals surface area contributed by atoms with Gasteiger partial charge in [-0.3, -0.25) is 0 Å². The molecule has 0 aliphatic carbocycles. The SMILES string of the molecule is CCCCCCOC(=O)N=C=O. The van der Waals surface area contributed by atoms with Crippen molar-refractivity contribution in [2.45, 2.75) is 32.6 Å². The number of rotatable bonds is 5. The zero-order chi connectivity index (χ0) is 9.23. The average molecular weight is 171 g/mol. The highest BCUT2D eigenvalue weighted by atomic mass is 16.5. The third-order valence-corrected chi connectivity index (χ3v) is 1.36. The predicted molar refractivity (Wildman–Crippen MR) is 43.6 cm³/mol. The molecule has 4 heteroatoms. The maximum atomic E-state index is 10.4. The molecule has 0 rings (SSSR count). The molecule has 0 aromatic rings. The Balaban J connectivity index is 3.19. The molecule has 0 radical (unpaired) electrons. The quantitative estimate of drug-likeness (QED) is 0.361. The first kappa shape index (κ1) is 10.8. The fraction of sp³-hybridized carbons (Fsp3) is 0.750. The molecular weight excluding hydrogens is 158 g/mol. The van der Waals surface area contributed by atoms with Gasteiger partial charge in [0, 0.05) is 0 Å². The van der Waals surface area contributed by atoms with Crippen LogP contribution in [0.2, 0.25) is 0 Å². The molecule has 68 valence electrons. The third kappa shape index (κ3) is 6.96. The van der Waals surface area contributed by atoms with Gasteiger partial charge in [0.1, 0.15) is 0 Å². The molecule has 0 spiro atoms. The van der Waals surface area contributed by atoms with E-state index in [-0.39, 0.29) is 0 Å². The van der Waals surface area contributed by atoms with Gasteiger partial charge in [0.2, 0.25) is 6.08 Å². The normalized spacial score (nSPS) is 8.75. The molecule has 0 aromatic carbocycles. The lowest BCUT2D eigenvalue weighted by Gasteiger charge is -1.98. The highest BCUT2D eigenvalue weighted by Crippen LogP contribution is 1.99. The summed E-state index contributed by atoms with van der Waals surface area (Å²) in [5, 5.41) is 0. The fourth-order valence-corrected chi connectivity index (χ4v) is 0.758. The van der Waals surface area contributed by atoms with Crippen molar-refractivity contribution >= 4 is 12.2 Å². The van der Waals surface area contributed by atoms with Crippen LogP contribution in [0.4, 0.5) is 4.79 Å². The van der Waals surface area contributed by atoms with Crippen LogP contribution in [0, 0.1) is 0 Å². The number of amides is 1. The number of aliphatic imine (C=N–C) groups is 1. The maximum Gasteiger partial charge on any atom is 0.444 e. The highest BCUT2D eigenvalue weighted by Gasteiger charge is 1.96. The molecule has 0 heterocycles. The number of carbonyl (C=O) groups excluding carboxylic acids is 2. The summed E-state index contributed by atoms with van der Waals surface area (Å²) in [7, 11) is 0. The smallest absolute Gasteiger partial charge is 0.444 e. The molecule has 0 aliphatic heterocycles.